The third-order valence-corrected chi connectivity index (χ3v) is 5.10. The number of esters is 2. The molecule has 0 saturated carbocycles. The van der Waals surface area contributed by atoms with Crippen molar-refractivity contribution in [3.63, 3.8) is 0 Å². The van der Waals surface area contributed by atoms with Gasteiger partial charge >= 0.3 is 11.9 Å². The molecular formula is C22H22ClNO6. The highest BCUT2D eigenvalue weighted by atomic mass is 35.5. The molecule has 0 unspecified atom stereocenters. The lowest BCUT2D eigenvalue weighted by Gasteiger charge is -2.24. The van der Waals surface area contributed by atoms with Crippen LogP contribution in [-0.2, 0) is 27.1 Å². The van der Waals surface area contributed by atoms with E-state index >= 15 is 0 Å². The molecule has 0 bridgehead atoms. The zero-order valence-corrected chi connectivity index (χ0v) is 17.4. The van der Waals surface area contributed by atoms with E-state index in [1.165, 1.54) is 6.07 Å². The van der Waals surface area contributed by atoms with Crippen LogP contribution >= 0.6 is 11.6 Å². The average Bonchev–Trinajstić information content (AvgIpc) is 2.70. The van der Waals surface area contributed by atoms with Gasteiger partial charge in [0.1, 0.15) is 23.5 Å². The molecule has 3 rings (SSSR count). The largest absolute Gasteiger partial charge is 0.506 e. The molecule has 1 amide bonds. The second kappa shape index (κ2) is 9.17. The van der Waals surface area contributed by atoms with Crippen molar-refractivity contribution in [1.82, 2.24) is 5.32 Å². The lowest BCUT2D eigenvalue weighted by molar-refractivity contribution is -0.145. The van der Waals surface area contributed by atoms with Crippen LogP contribution in [0.4, 0.5) is 0 Å². The number of fused-ring (bicyclic) bond motifs is 1. The van der Waals surface area contributed by atoms with Crippen molar-refractivity contribution in [3.8, 4) is 5.75 Å². The number of ether oxygens (including phenoxy) is 2. The SMILES string of the molecule is CCOC(=O)[C@H](Cc1ccccc1)NC(=O)c1cc(Cl)c2c(c1O)C(=O)O[C@H](C)C2. The van der Waals surface area contributed by atoms with Crippen LogP contribution in [0.1, 0.15) is 45.7 Å². The van der Waals surface area contributed by atoms with Crippen LogP contribution in [-0.4, -0.2) is 41.7 Å². The quantitative estimate of drug-likeness (QED) is 0.681. The Balaban J connectivity index is 1.90. The monoisotopic (exact) mass is 431 g/mol. The van der Waals surface area contributed by atoms with Crippen molar-refractivity contribution in [2.45, 2.75) is 38.8 Å². The Morgan fingerprint density at radius 2 is 2.03 bits per heavy atom. The van der Waals surface area contributed by atoms with Crippen molar-refractivity contribution in [2.24, 2.45) is 0 Å². The summed E-state index contributed by atoms with van der Waals surface area (Å²) in [4.78, 5) is 37.5. The van der Waals surface area contributed by atoms with Crippen molar-refractivity contribution in [2.75, 3.05) is 6.61 Å². The molecule has 0 spiro atoms. The number of amides is 1. The Morgan fingerprint density at radius 1 is 1.33 bits per heavy atom. The summed E-state index contributed by atoms with van der Waals surface area (Å²) in [5.74, 6) is -2.63. The first kappa shape index (κ1) is 21.6. The van der Waals surface area contributed by atoms with Crippen LogP contribution in [0.3, 0.4) is 0 Å². The molecule has 158 valence electrons. The van der Waals surface area contributed by atoms with Gasteiger partial charge in [0.15, 0.2) is 0 Å². The fourth-order valence-corrected chi connectivity index (χ4v) is 3.65. The van der Waals surface area contributed by atoms with Crippen LogP contribution in [0.2, 0.25) is 5.02 Å². The third kappa shape index (κ3) is 4.57. The third-order valence-electron chi connectivity index (χ3n) is 4.76. The van der Waals surface area contributed by atoms with E-state index in [0.717, 1.165) is 5.56 Å². The summed E-state index contributed by atoms with van der Waals surface area (Å²) in [7, 11) is 0. The van der Waals surface area contributed by atoms with E-state index in [0.29, 0.717) is 12.0 Å². The van der Waals surface area contributed by atoms with Gasteiger partial charge in [-0.05, 0) is 31.0 Å². The maximum Gasteiger partial charge on any atom is 0.342 e. The lowest BCUT2D eigenvalue weighted by Crippen LogP contribution is -2.43. The van der Waals surface area contributed by atoms with Crippen LogP contribution in [0.25, 0.3) is 0 Å². The van der Waals surface area contributed by atoms with E-state index in [1.54, 1.807) is 13.8 Å². The Morgan fingerprint density at radius 3 is 2.70 bits per heavy atom. The minimum atomic E-state index is -0.985. The molecule has 2 N–H and O–H groups in total. The summed E-state index contributed by atoms with van der Waals surface area (Å²) >= 11 is 6.28. The Kier molecular flexibility index (Phi) is 6.62. The summed E-state index contributed by atoms with van der Waals surface area (Å²) in [6.45, 7) is 3.53. The van der Waals surface area contributed by atoms with Gasteiger partial charge in [-0.1, -0.05) is 41.9 Å². The van der Waals surface area contributed by atoms with Gasteiger partial charge in [0.2, 0.25) is 0 Å². The Bertz CT molecular complexity index is 975. The fourth-order valence-electron chi connectivity index (χ4n) is 3.36. The molecule has 0 saturated heterocycles. The zero-order chi connectivity index (χ0) is 21.8. The second-order valence-electron chi connectivity index (χ2n) is 7.00. The Labute approximate surface area is 178 Å². The fraction of sp³-hybridized carbons (Fsp3) is 0.318. The minimum absolute atomic E-state index is 0.124. The van der Waals surface area contributed by atoms with Gasteiger partial charge in [-0.25, -0.2) is 9.59 Å². The van der Waals surface area contributed by atoms with Crippen LogP contribution in [0.5, 0.6) is 5.75 Å². The molecule has 1 heterocycles. The highest BCUT2D eigenvalue weighted by molar-refractivity contribution is 6.32. The number of phenolic OH excluding ortho intramolecular Hbond substituents is 1. The van der Waals surface area contributed by atoms with E-state index in [9.17, 15) is 19.5 Å². The van der Waals surface area contributed by atoms with Gasteiger partial charge in [-0.3, -0.25) is 4.79 Å². The van der Waals surface area contributed by atoms with E-state index in [2.05, 4.69) is 5.32 Å². The maximum absolute atomic E-state index is 12.9. The lowest BCUT2D eigenvalue weighted by atomic mass is 9.95. The number of benzene rings is 2. The number of carbonyl (C=O) groups is 3. The molecule has 2 atom stereocenters. The first-order valence-corrected chi connectivity index (χ1v) is 9.96. The molecule has 0 aliphatic carbocycles. The smallest absolute Gasteiger partial charge is 0.342 e. The summed E-state index contributed by atoms with van der Waals surface area (Å²) in [5, 5.41) is 13.3. The first-order valence-electron chi connectivity index (χ1n) is 9.58. The molecule has 2 aromatic carbocycles. The number of nitrogens with one attached hydrogen (secondary N) is 1. The summed E-state index contributed by atoms with van der Waals surface area (Å²) < 4.78 is 10.2. The zero-order valence-electron chi connectivity index (χ0n) is 16.6. The molecule has 8 heteroatoms. The number of hydrogen-bond donors (Lipinski definition) is 2. The van der Waals surface area contributed by atoms with Crippen LogP contribution < -0.4 is 5.32 Å². The predicted molar refractivity (Wildman–Crippen MR) is 110 cm³/mol. The molecule has 2 aromatic rings. The number of rotatable bonds is 6. The molecule has 0 radical (unpaired) electrons. The number of cyclic esters (lactones) is 1. The van der Waals surface area contributed by atoms with Crippen molar-refractivity contribution in [3.05, 3.63) is 63.7 Å². The normalized spacial score (nSPS) is 16.2. The van der Waals surface area contributed by atoms with Gasteiger partial charge in [0, 0.05) is 17.9 Å². The average molecular weight is 432 g/mol. The van der Waals surface area contributed by atoms with Crippen molar-refractivity contribution >= 4 is 29.4 Å². The van der Waals surface area contributed by atoms with E-state index in [4.69, 9.17) is 21.1 Å². The van der Waals surface area contributed by atoms with Crippen LogP contribution in [0.15, 0.2) is 36.4 Å². The number of hydrogen-bond acceptors (Lipinski definition) is 6. The Hall–Kier alpha value is -3.06. The van der Waals surface area contributed by atoms with Gasteiger partial charge in [0.25, 0.3) is 5.91 Å². The van der Waals surface area contributed by atoms with Gasteiger partial charge in [-0.2, -0.15) is 0 Å². The summed E-state index contributed by atoms with van der Waals surface area (Å²) in [6.07, 6.45) is 0.139. The molecule has 1 aliphatic heterocycles. The van der Waals surface area contributed by atoms with E-state index < -0.39 is 29.6 Å². The van der Waals surface area contributed by atoms with Crippen LogP contribution in [0, 0.1) is 0 Å². The molecular weight excluding hydrogens is 410 g/mol. The predicted octanol–water partition coefficient (Wildman–Crippen LogP) is 3.05. The summed E-state index contributed by atoms with van der Waals surface area (Å²) in [6, 6.07) is 9.43. The van der Waals surface area contributed by atoms with E-state index in [1.807, 2.05) is 30.3 Å². The molecule has 30 heavy (non-hydrogen) atoms. The second-order valence-corrected chi connectivity index (χ2v) is 7.40. The maximum atomic E-state index is 12.9. The molecule has 1 aliphatic rings. The standard InChI is InChI=1S/C22H22ClNO6/c1-3-29-21(27)17(10-13-7-5-4-6-8-13)24-20(26)15-11-16(23)14-9-12(2)30-22(28)18(14)19(15)25/h4-8,11-12,17,25H,3,9-10H2,1-2H3,(H,24,26)/t12-,17+/m1/s1. The highest BCUT2D eigenvalue weighted by Gasteiger charge is 2.33. The molecule has 0 fully saturated rings. The van der Waals surface area contributed by atoms with Gasteiger partial charge < -0.3 is 19.9 Å². The number of carbonyl (C=O) groups excluding carboxylic acids is 3. The number of halogens is 1. The van der Waals surface area contributed by atoms with E-state index in [-0.39, 0.29) is 35.3 Å². The first-order chi connectivity index (χ1) is 14.3. The number of phenols is 1. The molecule has 0 aromatic heterocycles. The van der Waals surface area contributed by atoms with Crippen molar-refractivity contribution in [1.29, 1.82) is 0 Å². The van der Waals surface area contributed by atoms with Crippen molar-refractivity contribution < 1.29 is 29.0 Å². The number of aromatic hydroxyl groups is 1. The highest BCUT2D eigenvalue weighted by Crippen LogP contribution is 2.36. The topological polar surface area (TPSA) is 102 Å². The molecule has 7 nitrogen and oxygen atoms in total. The van der Waals surface area contributed by atoms with Gasteiger partial charge in [0.05, 0.1) is 12.2 Å². The summed E-state index contributed by atoms with van der Waals surface area (Å²) in [5.41, 5.74) is 0.913. The minimum Gasteiger partial charge on any atom is -0.506 e. The van der Waals surface area contributed by atoms with Gasteiger partial charge in [-0.15, -0.1) is 0 Å².